The zero-order valence-corrected chi connectivity index (χ0v) is 10.9. The van der Waals surface area contributed by atoms with Crippen LogP contribution in [-0.4, -0.2) is 27.2 Å². The third kappa shape index (κ3) is 4.14. The molecule has 0 fully saturated rings. The van der Waals surface area contributed by atoms with Gasteiger partial charge < -0.3 is 15.4 Å². The highest BCUT2D eigenvalue weighted by molar-refractivity contribution is 9.10. The van der Waals surface area contributed by atoms with Crippen LogP contribution >= 0.6 is 15.9 Å². The zero-order chi connectivity index (χ0) is 12.8. The number of nitrogens with zero attached hydrogens (tertiary/aromatic N) is 3. The van der Waals surface area contributed by atoms with Gasteiger partial charge in [-0.05, 0) is 27.3 Å². The molecule has 0 aromatic carbocycles. The Balaban J connectivity index is 2.50. The van der Waals surface area contributed by atoms with E-state index in [1.165, 1.54) is 10.9 Å². The fourth-order valence-electron chi connectivity index (χ4n) is 1.19. The Bertz CT molecular complexity index is 418. The van der Waals surface area contributed by atoms with Gasteiger partial charge in [0, 0.05) is 13.0 Å². The Morgan fingerprint density at radius 1 is 1.71 bits per heavy atom. The summed E-state index contributed by atoms with van der Waals surface area (Å²) < 4.78 is 1.70. The molecular formula is C9H13BrN4O3. The summed E-state index contributed by atoms with van der Waals surface area (Å²) >= 11 is 3.04. The number of carbonyl (C=O) groups excluding carboxylic acids is 1. The Labute approximate surface area is 106 Å². The van der Waals surface area contributed by atoms with Gasteiger partial charge in [0.05, 0.1) is 17.8 Å². The van der Waals surface area contributed by atoms with E-state index in [-0.39, 0.29) is 18.1 Å². The molecule has 1 amide bonds. The number of aromatic nitrogens is 2. The average molecular weight is 305 g/mol. The van der Waals surface area contributed by atoms with Gasteiger partial charge in [-0.15, -0.1) is 0 Å². The van der Waals surface area contributed by atoms with Crippen LogP contribution in [0.4, 0.5) is 5.82 Å². The first-order chi connectivity index (χ1) is 8.04. The Kier molecular flexibility index (Phi) is 5.08. The number of aryl methyl sites for hydroxylation is 1. The number of hydrogen-bond donors (Lipinski definition) is 1. The van der Waals surface area contributed by atoms with Crippen LogP contribution in [0.1, 0.15) is 19.8 Å². The second kappa shape index (κ2) is 6.33. The Morgan fingerprint density at radius 2 is 2.41 bits per heavy atom. The molecular weight excluding hydrogens is 292 g/mol. The van der Waals surface area contributed by atoms with Crippen molar-refractivity contribution in [3.63, 3.8) is 0 Å². The molecule has 1 aromatic heterocycles. The number of amides is 1. The van der Waals surface area contributed by atoms with E-state index in [9.17, 15) is 14.9 Å². The van der Waals surface area contributed by atoms with Crippen molar-refractivity contribution in [2.45, 2.75) is 26.3 Å². The molecule has 1 heterocycles. The Morgan fingerprint density at radius 3 is 2.94 bits per heavy atom. The smallest absolute Gasteiger partial charge is 0.358 e. The molecule has 0 bridgehead atoms. The van der Waals surface area contributed by atoms with E-state index in [4.69, 9.17) is 0 Å². The largest absolute Gasteiger partial charge is 0.404 e. The lowest BCUT2D eigenvalue weighted by Gasteiger charge is -2.01. The van der Waals surface area contributed by atoms with Gasteiger partial charge in [0.25, 0.3) is 0 Å². The van der Waals surface area contributed by atoms with E-state index >= 15 is 0 Å². The van der Waals surface area contributed by atoms with Crippen molar-refractivity contribution in [1.29, 1.82) is 0 Å². The quantitative estimate of drug-likeness (QED) is 0.636. The maximum Gasteiger partial charge on any atom is 0.404 e. The Hall–Kier alpha value is -1.44. The molecule has 17 heavy (non-hydrogen) atoms. The fourth-order valence-corrected chi connectivity index (χ4v) is 1.65. The highest BCUT2D eigenvalue weighted by Crippen LogP contribution is 2.21. The molecule has 0 aliphatic heterocycles. The minimum atomic E-state index is -0.572. The predicted octanol–water partition coefficient (Wildman–Crippen LogP) is 1.47. The summed E-state index contributed by atoms with van der Waals surface area (Å²) in [4.78, 5) is 21.3. The van der Waals surface area contributed by atoms with E-state index in [0.29, 0.717) is 17.6 Å². The number of nitro groups is 1. The van der Waals surface area contributed by atoms with Crippen molar-refractivity contribution in [3.05, 3.63) is 20.8 Å². The van der Waals surface area contributed by atoms with Crippen LogP contribution in [0, 0.1) is 10.1 Å². The molecule has 0 atom stereocenters. The number of rotatable bonds is 6. The van der Waals surface area contributed by atoms with Gasteiger partial charge >= 0.3 is 5.82 Å². The van der Waals surface area contributed by atoms with Gasteiger partial charge in [-0.1, -0.05) is 6.92 Å². The first-order valence-corrected chi connectivity index (χ1v) is 5.98. The third-order valence-corrected chi connectivity index (χ3v) is 2.57. The summed E-state index contributed by atoms with van der Waals surface area (Å²) in [6.45, 7) is 2.93. The van der Waals surface area contributed by atoms with Crippen LogP contribution in [0.3, 0.4) is 0 Å². The zero-order valence-electron chi connectivity index (χ0n) is 9.35. The van der Waals surface area contributed by atoms with Gasteiger partial charge in [0.1, 0.15) is 4.47 Å². The van der Waals surface area contributed by atoms with Gasteiger partial charge in [-0.25, -0.2) is 0 Å². The van der Waals surface area contributed by atoms with Crippen molar-refractivity contribution in [2.75, 3.05) is 6.54 Å². The monoisotopic (exact) mass is 304 g/mol. The van der Waals surface area contributed by atoms with Gasteiger partial charge in [0.15, 0.2) is 0 Å². The fraction of sp³-hybridized carbons (Fsp3) is 0.556. The average Bonchev–Trinajstić information content (AvgIpc) is 2.65. The van der Waals surface area contributed by atoms with Crippen LogP contribution in [-0.2, 0) is 11.3 Å². The summed E-state index contributed by atoms with van der Waals surface area (Å²) in [6, 6.07) is 0. The lowest BCUT2D eigenvalue weighted by molar-refractivity contribution is -0.390. The molecule has 0 spiro atoms. The van der Waals surface area contributed by atoms with Gasteiger partial charge in [-0.2, -0.15) is 4.68 Å². The number of hydrogen-bond acceptors (Lipinski definition) is 4. The van der Waals surface area contributed by atoms with Crippen molar-refractivity contribution in [2.24, 2.45) is 0 Å². The van der Waals surface area contributed by atoms with Crippen molar-refractivity contribution < 1.29 is 9.72 Å². The second-order valence-electron chi connectivity index (χ2n) is 3.42. The van der Waals surface area contributed by atoms with Crippen molar-refractivity contribution >= 4 is 27.7 Å². The van der Waals surface area contributed by atoms with E-state index in [2.05, 4.69) is 26.3 Å². The number of nitrogens with one attached hydrogen (secondary N) is 1. The summed E-state index contributed by atoms with van der Waals surface area (Å²) in [5.74, 6) is -0.319. The molecule has 1 N–H and O–H groups in total. The summed E-state index contributed by atoms with van der Waals surface area (Å²) in [7, 11) is 0. The summed E-state index contributed by atoms with van der Waals surface area (Å²) in [6.07, 6.45) is 2.63. The number of carbonyl (C=O) groups is 1. The highest BCUT2D eigenvalue weighted by atomic mass is 79.9. The number of halogens is 1. The first kappa shape index (κ1) is 13.6. The molecule has 94 valence electrons. The SMILES string of the molecule is CCCNC(=O)CCn1cc(Br)c([N+](=O)[O-])n1. The molecule has 0 aliphatic rings. The normalized spacial score (nSPS) is 10.2. The van der Waals surface area contributed by atoms with E-state index < -0.39 is 4.92 Å². The minimum Gasteiger partial charge on any atom is -0.358 e. The molecule has 1 aromatic rings. The molecule has 7 nitrogen and oxygen atoms in total. The van der Waals surface area contributed by atoms with Crippen LogP contribution in [0.25, 0.3) is 0 Å². The predicted molar refractivity (Wildman–Crippen MR) is 64.5 cm³/mol. The summed E-state index contributed by atoms with van der Waals surface area (Å²) in [5, 5.41) is 17.0. The molecule has 8 heteroatoms. The first-order valence-electron chi connectivity index (χ1n) is 5.18. The van der Waals surface area contributed by atoms with Crippen molar-refractivity contribution in [3.8, 4) is 0 Å². The molecule has 0 radical (unpaired) electrons. The standard InChI is InChI=1S/C9H13BrN4O3/c1-2-4-11-8(15)3-5-13-6-7(10)9(12-13)14(16)17/h6H,2-5H2,1H3,(H,11,15). The lowest BCUT2D eigenvalue weighted by Crippen LogP contribution is -2.25. The van der Waals surface area contributed by atoms with E-state index in [0.717, 1.165) is 6.42 Å². The molecule has 0 saturated heterocycles. The van der Waals surface area contributed by atoms with Gasteiger partial charge in [-0.3, -0.25) is 4.79 Å². The van der Waals surface area contributed by atoms with Crippen LogP contribution in [0.2, 0.25) is 0 Å². The van der Waals surface area contributed by atoms with Crippen LogP contribution in [0.15, 0.2) is 10.7 Å². The second-order valence-corrected chi connectivity index (χ2v) is 4.28. The maximum absolute atomic E-state index is 11.3. The molecule has 0 aliphatic carbocycles. The molecule has 0 saturated carbocycles. The molecule has 0 unspecified atom stereocenters. The van der Waals surface area contributed by atoms with E-state index in [1.807, 2.05) is 6.92 Å². The summed E-state index contributed by atoms with van der Waals surface area (Å²) in [5.41, 5.74) is 0. The maximum atomic E-state index is 11.3. The topological polar surface area (TPSA) is 90.1 Å². The van der Waals surface area contributed by atoms with E-state index in [1.54, 1.807) is 0 Å². The lowest BCUT2D eigenvalue weighted by atomic mass is 10.4. The minimum absolute atomic E-state index is 0.0823. The molecule has 1 rings (SSSR count). The van der Waals surface area contributed by atoms with Crippen LogP contribution < -0.4 is 5.32 Å². The van der Waals surface area contributed by atoms with Crippen LogP contribution in [0.5, 0.6) is 0 Å². The van der Waals surface area contributed by atoms with Crippen molar-refractivity contribution in [1.82, 2.24) is 15.1 Å². The van der Waals surface area contributed by atoms with Gasteiger partial charge in [0.2, 0.25) is 5.91 Å². The third-order valence-electron chi connectivity index (χ3n) is 2.01. The highest BCUT2D eigenvalue weighted by Gasteiger charge is 2.18.